The van der Waals surface area contributed by atoms with Gasteiger partial charge in [-0.1, -0.05) is 18.2 Å². The van der Waals surface area contributed by atoms with Crippen LogP contribution in [0.4, 0.5) is 0 Å². The van der Waals surface area contributed by atoms with Gasteiger partial charge in [-0.15, -0.1) is 0 Å². The van der Waals surface area contributed by atoms with E-state index in [2.05, 4.69) is 12.6 Å². The first kappa shape index (κ1) is 10.4. The lowest BCUT2D eigenvalue weighted by Crippen LogP contribution is -2.24. The minimum Gasteiger partial charge on any atom is -0.508 e. The van der Waals surface area contributed by atoms with E-state index in [1.807, 2.05) is 12.1 Å². The second-order valence-electron chi connectivity index (χ2n) is 3.76. The summed E-state index contributed by atoms with van der Waals surface area (Å²) >= 11 is 4.28. The number of likely N-dealkylation sites (tertiary alicyclic amines) is 1. The Balaban J connectivity index is 2.09. The van der Waals surface area contributed by atoms with Crippen molar-refractivity contribution >= 4 is 18.5 Å². The van der Waals surface area contributed by atoms with Crippen LogP contribution in [-0.2, 0) is 11.3 Å². The van der Waals surface area contributed by atoms with Crippen LogP contribution in [0, 0.1) is 0 Å². The van der Waals surface area contributed by atoms with E-state index in [1.54, 1.807) is 17.0 Å². The zero-order valence-corrected chi connectivity index (χ0v) is 9.15. The van der Waals surface area contributed by atoms with Gasteiger partial charge in [-0.3, -0.25) is 4.79 Å². The number of hydrogen-bond acceptors (Lipinski definition) is 3. The standard InChI is InChI=1S/C11H13NO2S/c13-10-4-2-1-3-8(10)6-12-7-9(15)5-11(12)14/h1-4,9,13,15H,5-7H2. The van der Waals surface area contributed by atoms with Crippen LogP contribution in [0.3, 0.4) is 0 Å². The summed E-state index contributed by atoms with van der Waals surface area (Å²) in [5.74, 6) is 0.353. The summed E-state index contributed by atoms with van der Waals surface area (Å²) in [6, 6.07) is 7.09. The topological polar surface area (TPSA) is 40.5 Å². The Bertz CT molecular complexity index is 381. The van der Waals surface area contributed by atoms with Crippen LogP contribution in [-0.4, -0.2) is 27.7 Å². The van der Waals surface area contributed by atoms with Crippen molar-refractivity contribution in [3.8, 4) is 5.75 Å². The zero-order valence-electron chi connectivity index (χ0n) is 8.26. The number of hydrogen-bond donors (Lipinski definition) is 2. The highest BCUT2D eigenvalue weighted by atomic mass is 32.1. The lowest BCUT2D eigenvalue weighted by atomic mass is 10.2. The van der Waals surface area contributed by atoms with E-state index in [-0.39, 0.29) is 16.9 Å². The number of amides is 1. The Hall–Kier alpha value is -1.16. The van der Waals surface area contributed by atoms with Crippen molar-refractivity contribution in [1.82, 2.24) is 4.90 Å². The van der Waals surface area contributed by atoms with Gasteiger partial charge < -0.3 is 10.0 Å². The van der Waals surface area contributed by atoms with Crippen molar-refractivity contribution in [3.63, 3.8) is 0 Å². The molecule has 1 amide bonds. The van der Waals surface area contributed by atoms with Gasteiger partial charge in [-0.25, -0.2) is 0 Å². The quantitative estimate of drug-likeness (QED) is 0.744. The van der Waals surface area contributed by atoms with E-state index in [1.165, 1.54) is 0 Å². The van der Waals surface area contributed by atoms with E-state index in [4.69, 9.17) is 0 Å². The Morgan fingerprint density at radius 2 is 2.20 bits per heavy atom. The maximum Gasteiger partial charge on any atom is 0.224 e. The van der Waals surface area contributed by atoms with E-state index in [9.17, 15) is 9.90 Å². The normalized spacial score (nSPS) is 21.0. The first-order valence-corrected chi connectivity index (χ1v) is 5.41. The number of phenolic OH excluding ortho intramolecular Hbond substituents is 1. The number of phenols is 1. The molecule has 0 spiro atoms. The molecule has 1 aliphatic heterocycles. The number of benzene rings is 1. The molecule has 0 saturated carbocycles. The lowest BCUT2D eigenvalue weighted by molar-refractivity contribution is -0.128. The van der Waals surface area contributed by atoms with Crippen molar-refractivity contribution in [1.29, 1.82) is 0 Å². The molecule has 0 aliphatic carbocycles. The molecule has 1 unspecified atom stereocenters. The molecular weight excluding hydrogens is 210 g/mol. The average molecular weight is 223 g/mol. The third-order valence-electron chi connectivity index (χ3n) is 2.55. The minimum absolute atomic E-state index is 0.109. The minimum atomic E-state index is 0.109. The summed E-state index contributed by atoms with van der Waals surface area (Å²) in [4.78, 5) is 13.2. The maximum atomic E-state index is 11.5. The summed E-state index contributed by atoms with van der Waals surface area (Å²) in [6.07, 6.45) is 0.497. The van der Waals surface area contributed by atoms with Crippen molar-refractivity contribution < 1.29 is 9.90 Å². The van der Waals surface area contributed by atoms with E-state index < -0.39 is 0 Å². The largest absolute Gasteiger partial charge is 0.508 e. The van der Waals surface area contributed by atoms with Gasteiger partial charge in [-0.2, -0.15) is 12.6 Å². The molecule has 2 rings (SSSR count). The molecule has 0 bridgehead atoms. The third-order valence-corrected chi connectivity index (χ3v) is 2.89. The van der Waals surface area contributed by atoms with Crippen LogP contribution in [0.1, 0.15) is 12.0 Å². The summed E-state index contributed by atoms with van der Waals surface area (Å²) in [5.41, 5.74) is 0.785. The van der Waals surface area contributed by atoms with Crippen LogP contribution in [0.25, 0.3) is 0 Å². The molecule has 1 aromatic carbocycles. The van der Waals surface area contributed by atoms with Crippen LogP contribution < -0.4 is 0 Å². The summed E-state index contributed by atoms with van der Waals surface area (Å²) < 4.78 is 0. The molecule has 1 atom stereocenters. The zero-order chi connectivity index (χ0) is 10.8. The first-order valence-electron chi connectivity index (χ1n) is 4.89. The van der Waals surface area contributed by atoms with Gasteiger partial charge in [0, 0.05) is 30.3 Å². The van der Waals surface area contributed by atoms with E-state index in [0.29, 0.717) is 19.5 Å². The second kappa shape index (κ2) is 4.14. The molecular formula is C11H13NO2S. The molecule has 1 fully saturated rings. The highest BCUT2D eigenvalue weighted by Gasteiger charge is 2.27. The smallest absolute Gasteiger partial charge is 0.224 e. The Morgan fingerprint density at radius 1 is 1.47 bits per heavy atom. The Labute approximate surface area is 94.1 Å². The molecule has 0 radical (unpaired) electrons. The summed E-state index contributed by atoms with van der Waals surface area (Å²) in [6.45, 7) is 1.14. The van der Waals surface area contributed by atoms with Gasteiger partial charge >= 0.3 is 0 Å². The summed E-state index contributed by atoms with van der Waals surface area (Å²) in [5, 5.41) is 9.69. The third kappa shape index (κ3) is 2.26. The number of thiol groups is 1. The highest BCUT2D eigenvalue weighted by Crippen LogP contribution is 2.22. The Kier molecular flexibility index (Phi) is 2.86. The van der Waals surface area contributed by atoms with Crippen LogP contribution in [0.5, 0.6) is 5.75 Å². The van der Waals surface area contributed by atoms with Crippen molar-refractivity contribution in [2.75, 3.05) is 6.54 Å². The van der Waals surface area contributed by atoms with Crippen LogP contribution in [0.15, 0.2) is 24.3 Å². The molecule has 1 saturated heterocycles. The molecule has 4 heteroatoms. The fourth-order valence-corrected chi connectivity index (χ4v) is 2.11. The maximum absolute atomic E-state index is 11.5. The van der Waals surface area contributed by atoms with Crippen molar-refractivity contribution in [2.24, 2.45) is 0 Å². The van der Waals surface area contributed by atoms with Gasteiger partial charge in [0.15, 0.2) is 0 Å². The predicted molar refractivity (Wildman–Crippen MR) is 60.9 cm³/mol. The molecule has 1 heterocycles. The van der Waals surface area contributed by atoms with E-state index >= 15 is 0 Å². The number of carbonyl (C=O) groups excluding carboxylic acids is 1. The van der Waals surface area contributed by atoms with Gasteiger partial charge in [0.25, 0.3) is 0 Å². The summed E-state index contributed by atoms with van der Waals surface area (Å²) in [7, 11) is 0. The number of nitrogens with zero attached hydrogens (tertiary/aromatic N) is 1. The molecule has 3 nitrogen and oxygen atoms in total. The van der Waals surface area contributed by atoms with Gasteiger partial charge in [0.05, 0.1) is 0 Å². The fourth-order valence-electron chi connectivity index (χ4n) is 1.75. The SMILES string of the molecule is O=C1CC(S)CN1Cc1ccccc1O. The number of carbonyl (C=O) groups is 1. The average Bonchev–Trinajstić information content (AvgIpc) is 2.49. The number of rotatable bonds is 2. The highest BCUT2D eigenvalue weighted by molar-refractivity contribution is 7.81. The van der Waals surface area contributed by atoms with E-state index in [0.717, 1.165) is 5.56 Å². The van der Waals surface area contributed by atoms with Gasteiger partial charge in [0.1, 0.15) is 5.75 Å². The molecule has 1 N–H and O–H groups in total. The number of para-hydroxylation sites is 1. The van der Waals surface area contributed by atoms with Gasteiger partial charge in [-0.05, 0) is 6.07 Å². The second-order valence-corrected chi connectivity index (χ2v) is 4.49. The predicted octanol–water partition coefficient (Wildman–Crippen LogP) is 1.42. The molecule has 80 valence electrons. The molecule has 15 heavy (non-hydrogen) atoms. The molecule has 0 aromatic heterocycles. The van der Waals surface area contributed by atoms with Crippen molar-refractivity contribution in [2.45, 2.75) is 18.2 Å². The molecule has 1 aromatic rings. The lowest BCUT2D eigenvalue weighted by Gasteiger charge is -2.16. The van der Waals surface area contributed by atoms with Crippen molar-refractivity contribution in [3.05, 3.63) is 29.8 Å². The molecule has 1 aliphatic rings. The first-order chi connectivity index (χ1) is 7.16. The van der Waals surface area contributed by atoms with Crippen LogP contribution in [0.2, 0.25) is 0 Å². The monoisotopic (exact) mass is 223 g/mol. The van der Waals surface area contributed by atoms with Crippen LogP contribution >= 0.6 is 12.6 Å². The van der Waals surface area contributed by atoms with Gasteiger partial charge in [0.2, 0.25) is 5.91 Å². The Morgan fingerprint density at radius 3 is 2.80 bits per heavy atom. The fraction of sp³-hybridized carbons (Fsp3) is 0.364. The number of aromatic hydroxyl groups is 1.